The number of ether oxygens (including phenoxy) is 1. The number of hydrogen-bond acceptors (Lipinski definition) is 4. The molecule has 0 spiro atoms. The van der Waals surface area contributed by atoms with Crippen molar-refractivity contribution in [3.8, 4) is 11.6 Å². The van der Waals surface area contributed by atoms with Crippen molar-refractivity contribution < 1.29 is 9.53 Å². The Morgan fingerprint density at radius 3 is 2.62 bits per heavy atom. The second-order valence-corrected chi connectivity index (χ2v) is 3.92. The molecule has 1 amide bonds. The fourth-order valence-electron chi connectivity index (χ4n) is 1.61. The summed E-state index contributed by atoms with van der Waals surface area (Å²) >= 11 is 0. The van der Waals surface area contributed by atoms with Crippen molar-refractivity contribution in [3.63, 3.8) is 0 Å². The number of halogens is 2. The normalized spacial score (nSPS) is 9.81. The Morgan fingerprint density at radius 1 is 1.38 bits per heavy atom. The Labute approximate surface area is 134 Å². The van der Waals surface area contributed by atoms with E-state index in [1.165, 1.54) is 19.3 Å². The van der Waals surface area contributed by atoms with Gasteiger partial charge < -0.3 is 15.0 Å². The average Bonchev–Trinajstić information content (AvgIpc) is 2.82. The number of nitrogens with two attached hydrogens (primary N) is 1. The lowest BCUT2D eigenvalue weighted by Crippen LogP contribution is -2.05. The highest BCUT2D eigenvalue weighted by atomic mass is 35.5. The molecule has 2 aromatic rings. The van der Waals surface area contributed by atoms with Crippen molar-refractivity contribution in [1.29, 1.82) is 0 Å². The van der Waals surface area contributed by atoms with Crippen LogP contribution in [0, 0.1) is 6.92 Å². The molecule has 2 N–H and O–H groups in total. The minimum Gasteiger partial charge on any atom is -0.479 e. The molecule has 2 aromatic heterocycles. The second kappa shape index (κ2) is 8.28. The number of rotatable bonds is 4. The number of methoxy groups -OCH3 is 1. The van der Waals surface area contributed by atoms with Crippen LogP contribution in [0.3, 0.4) is 0 Å². The van der Waals surface area contributed by atoms with E-state index >= 15 is 0 Å². The van der Waals surface area contributed by atoms with Gasteiger partial charge in [-0.3, -0.25) is 4.79 Å². The average molecular weight is 331 g/mol. The van der Waals surface area contributed by atoms with E-state index < -0.39 is 5.91 Å². The van der Waals surface area contributed by atoms with Gasteiger partial charge in [-0.05, 0) is 25.1 Å². The van der Waals surface area contributed by atoms with Gasteiger partial charge in [-0.15, -0.1) is 24.8 Å². The number of aromatic nitrogens is 3. The first-order chi connectivity index (χ1) is 9.10. The van der Waals surface area contributed by atoms with Gasteiger partial charge in [0.05, 0.1) is 24.8 Å². The lowest BCUT2D eigenvalue weighted by molar-refractivity contribution is -0.113. The summed E-state index contributed by atoms with van der Waals surface area (Å²) in [6.07, 6.45) is 6.35. The fourth-order valence-corrected chi connectivity index (χ4v) is 1.61. The van der Waals surface area contributed by atoms with Crippen LogP contribution in [0.5, 0.6) is 5.88 Å². The summed E-state index contributed by atoms with van der Waals surface area (Å²) in [7, 11) is 1.54. The highest BCUT2D eigenvalue weighted by molar-refractivity contribution is 5.90. The highest BCUT2D eigenvalue weighted by Crippen LogP contribution is 2.21. The molecule has 21 heavy (non-hydrogen) atoms. The maximum atomic E-state index is 10.7. The molecule has 0 bridgehead atoms. The summed E-state index contributed by atoms with van der Waals surface area (Å²) in [5, 5.41) is 0. The molecule has 0 saturated carbocycles. The van der Waals surface area contributed by atoms with Gasteiger partial charge in [0.2, 0.25) is 11.8 Å². The number of aryl methyl sites for hydroxylation is 1. The van der Waals surface area contributed by atoms with Crippen molar-refractivity contribution >= 4 is 36.8 Å². The van der Waals surface area contributed by atoms with E-state index in [1.54, 1.807) is 12.4 Å². The molecule has 2 heterocycles. The van der Waals surface area contributed by atoms with Crippen LogP contribution in [-0.2, 0) is 4.79 Å². The number of primary amides is 1. The molecule has 2 rings (SSSR count). The summed E-state index contributed by atoms with van der Waals surface area (Å²) in [4.78, 5) is 19.1. The van der Waals surface area contributed by atoms with Crippen LogP contribution >= 0.6 is 24.8 Å². The van der Waals surface area contributed by atoms with Crippen molar-refractivity contribution in [2.75, 3.05) is 7.11 Å². The summed E-state index contributed by atoms with van der Waals surface area (Å²) in [6, 6.07) is 3.61. The molecule has 0 radical (unpaired) electrons. The number of nitrogens with zero attached hydrogens (tertiary/aromatic N) is 3. The SMILES string of the molecule is COc1nc(/C=C/C(N)=O)ccc1-n1cnc(C)c1.Cl.Cl. The maximum Gasteiger partial charge on any atom is 0.241 e. The van der Waals surface area contributed by atoms with Crippen molar-refractivity contribution in [2.24, 2.45) is 5.73 Å². The zero-order valence-electron chi connectivity index (χ0n) is 11.5. The van der Waals surface area contributed by atoms with E-state index in [9.17, 15) is 4.79 Å². The van der Waals surface area contributed by atoms with Gasteiger partial charge in [-0.1, -0.05) is 0 Å². The first-order valence-electron chi connectivity index (χ1n) is 5.63. The molecule has 8 heteroatoms. The van der Waals surface area contributed by atoms with Crippen LogP contribution in [0.1, 0.15) is 11.4 Å². The molecule has 0 aliphatic rings. The Balaban J connectivity index is 0.00000200. The third-order valence-electron chi connectivity index (χ3n) is 2.46. The van der Waals surface area contributed by atoms with Gasteiger partial charge in [0, 0.05) is 12.3 Å². The first kappa shape index (κ1) is 18.9. The molecule has 0 aliphatic carbocycles. The predicted molar refractivity (Wildman–Crippen MR) is 85.4 cm³/mol. The van der Waals surface area contributed by atoms with E-state index in [1.807, 2.05) is 23.8 Å². The number of amides is 1. The van der Waals surface area contributed by atoms with Crippen LogP contribution in [-0.4, -0.2) is 27.6 Å². The van der Waals surface area contributed by atoms with E-state index in [4.69, 9.17) is 10.5 Å². The molecule has 114 valence electrons. The number of carbonyl (C=O) groups excluding carboxylic acids is 1. The van der Waals surface area contributed by atoms with Crippen LogP contribution < -0.4 is 10.5 Å². The van der Waals surface area contributed by atoms with Gasteiger partial charge in [0.25, 0.3) is 0 Å². The van der Waals surface area contributed by atoms with E-state index in [2.05, 4.69) is 9.97 Å². The quantitative estimate of drug-likeness (QED) is 0.868. The number of pyridine rings is 1. The van der Waals surface area contributed by atoms with Gasteiger partial charge in [-0.25, -0.2) is 9.97 Å². The van der Waals surface area contributed by atoms with E-state index in [0.29, 0.717) is 11.6 Å². The van der Waals surface area contributed by atoms with Crippen LogP contribution in [0.25, 0.3) is 11.8 Å². The number of imidazole rings is 1. The summed E-state index contributed by atoms with van der Waals surface area (Å²) < 4.78 is 7.07. The zero-order valence-corrected chi connectivity index (χ0v) is 13.1. The number of carbonyl (C=O) groups is 1. The summed E-state index contributed by atoms with van der Waals surface area (Å²) in [6.45, 7) is 1.90. The molecule has 0 saturated heterocycles. The van der Waals surface area contributed by atoms with Crippen LogP contribution in [0.15, 0.2) is 30.7 Å². The summed E-state index contributed by atoms with van der Waals surface area (Å²) in [5.74, 6) is -0.0703. The smallest absolute Gasteiger partial charge is 0.241 e. The maximum absolute atomic E-state index is 10.7. The van der Waals surface area contributed by atoms with Gasteiger partial charge in [0.15, 0.2) is 0 Å². The Morgan fingerprint density at radius 2 is 2.10 bits per heavy atom. The first-order valence-corrected chi connectivity index (χ1v) is 5.63. The summed E-state index contributed by atoms with van der Waals surface area (Å²) in [5.41, 5.74) is 7.31. The van der Waals surface area contributed by atoms with E-state index in [-0.39, 0.29) is 24.8 Å². The second-order valence-electron chi connectivity index (χ2n) is 3.92. The number of hydrogen-bond donors (Lipinski definition) is 1. The van der Waals surface area contributed by atoms with Crippen molar-refractivity contribution in [3.05, 3.63) is 42.1 Å². The minimum atomic E-state index is -0.518. The lowest BCUT2D eigenvalue weighted by atomic mass is 10.3. The molecule has 0 fully saturated rings. The third kappa shape index (κ3) is 4.77. The van der Waals surface area contributed by atoms with Gasteiger partial charge in [0.1, 0.15) is 5.69 Å². The molecule has 0 aliphatic heterocycles. The molecule has 0 aromatic carbocycles. The molecular weight excluding hydrogens is 315 g/mol. The Hall–Kier alpha value is -2.05. The van der Waals surface area contributed by atoms with Crippen LogP contribution in [0.2, 0.25) is 0 Å². The van der Waals surface area contributed by atoms with Gasteiger partial charge in [-0.2, -0.15) is 0 Å². The van der Waals surface area contributed by atoms with Crippen molar-refractivity contribution in [1.82, 2.24) is 14.5 Å². The lowest BCUT2D eigenvalue weighted by Gasteiger charge is -2.08. The molecule has 0 unspecified atom stereocenters. The Bertz CT molecular complexity index is 641. The largest absolute Gasteiger partial charge is 0.479 e. The molecular formula is C13H16Cl2N4O2. The standard InChI is InChI=1S/C13H14N4O2.2ClH/c1-9-7-17(8-15-9)11-5-3-10(4-6-12(14)18)16-13(11)19-2;;/h3-8H,1-2H3,(H2,14,18);2*1H/b6-4+;;. The topological polar surface area (TPSA) is 83.0 Å². The fraction of sp³-hybridized carbons (Fsp3) is 0.154. The molecule has 6 nitrogen and oxygen atoms in total. The molecule has 0 atom stereocenters. The highest BCUT2D eigenvalue weighted by Gasteiger charge is 2.07. The van der Waals surface area contributed by atoms with E-state index in [0.717, 1.165) is 11.4 Å². The zero-order chi connectivity index (χ0) is 13.8. The third-order valence-corrected chi connectivity index (χ3v) is 2.46. The minimum absolute atomic E-state index is 0. The van der Waals surface area contributed by atoms with Crippen molar-refractivity contribution in [2.45, 2.75) is 6.92 Å². The monoisotopic (exact) mass is 330 g/mol. The van der Waals surface area contributed by atoms with Gasteiger partial charge >= 0.3 is 0 Å². The van der Waals surface area contributed by atoms with Crippen LogP contribution in [0.4, 0.5) is 0 Å². The Kier molecular flexibility index (Phi) is 7.48. The predicted octanol–water partition coefficient (Wildman–Crippen LogP) is 1.93.